The molecule has 0 aromatic carbocycles. The highest BCUT2D eigenvalue weighted by Crippen LogP contribution is 2.15. The zero-order valence-electron chi connectivity index (χ0n) is 23.1. The van der Waals surface area contributed by atoms with Crippen LogP contribution in [-0.2, 0) is 9.53 Å². The van der Waals surface area contributed by atoms with Crippen LogP contribution in [-0.4, -0.2) is 37.6 Å². The van der Waals surface area contributed by atoms with Crippen LogP contribution >= 0.6 is 0 Å². The van der Waals surface area contributed by atoms with Crippen molar-refractivity contribution >= 4 is 5.97 Å². The summed E-state index contributed by atoms with van der Waals surface area (Å²) >= 11 is 0. The van der Waals surface area contributed by atoms with Crippen LogP contribution in [0.2, 0.25) is 0 Å². The molecule has 0 heterocycles. The van der Waals surface area contributed by atoms with Crippen LogP contribution in [0, 0.1) is 0 Å². The van der Waals surface area contributed by atoms with Gasteiger partial charge in [-0.05, 0) is 46.7 Å². The molecule has 0 aromatic rings. The molecule has 0 amide bonds. The summed E-state index contributed by atoms with van der Waals surface area (Å²) in [5, 5.41) is 0. The van der Waals surface area contributed by atoms with E-state index < -0.39 is 0 Å². The van der Waals surface area contributed by atoms with Crippen molar-refractivity contribution in [2.75, 3.05) is 20.7 Å². The van der Waals surface area contributed by atoms with Gasteiger partial charge < -0.3 is 4.74 Å². The van der Waals surface area contributed by atoms with E-state index in [0.29, 0.717) is 6.61 Å². The first kappa shape index (κ1) is 32.2. The summed E-state index contributed by atoms with van der Waals surface area (Å²) in [7, 11) is 3.90. The number of rotatable bonds is 25. The van der Waals surface area contributed by atoms with E-state index in [1.54, 1.807) is 0 Å². The molecular formula is C30H59NO2. The molecule has 0 aromatic heterocycles. The van der Waals surface area contributed by atoms with Gasteiger partial charge in [-0.2, -0.15) is 0 Å². The Labute approximate surface area is 208 Å². The monoisotopic (exact) mass is 465 g/mol. The highest BCUT2D eigenvalue weighted by molar-refractivity contribution is 5.75. The van der Waals surface area contributed by atoms with Gasteiger partial charge in [-0.25, -0.2) is 0 Å². The SMILES string of the molecule is CCCCCCCCCCCCCCCCCCCC/C=C/CCC(C(=O)OCC)N(C)C. The highest BCUT2D eigenvalue weighted by atomic mass is 16.5. The van der Waals surface area contributed by atoms with E-state index in [1.807, 2.05) is 25.9 Å². The van der Waals surface area contributed by atoms with Crippen molar-refractivity contribution in [3.63, 3.8) is 0 Å². The Hall–Kier alpha value is -0.830. The number of carbonyl (C=O) groups excluding carboxylic acids is 1. The molecule has 3 heteroatoms. The minimum absolute atomic E-state index is 0.0978. The van der Waals surface area contributed by atoms with Gasteiger partial charge in [0.25, 0.3) is 0 Å². The molecule has 196 valence electrons. The summed E-state index contributed by atoms with van der Waals surface area (Å²) in [6, 6.07) is -0.125. The van der Waals surface area contributed by atoms with Crippen LogP contribution in [0.4, 0.5) is 0 Å². The van der Waals surface area contributed by atoms with Gasteiger partial charge in [-0.15, -0.1) is 0 Å². The Kier molecular flexibility index (Phi) is 25.1. The molecule has 1 unspecified atom stereocenters. The highest BCUT2D eigenvalue weighted by Gasteiger charge is 2.20. The van der Waals surface area contributed by atoms with Gasteiger partial charge in [0, 0.05) is 0 Å². The lowest BCUT2D eigenvalue weighted by Crippen LogP contribution is -2.37. The molecule has 0 fully saturated rings. The lowest BCUT2D eigenvalue weighted by atomic mass is 10.0. The van der Waals surface area contributed by atoms with Gasteiger partial charge in [0.15, 0.2) is 0 Å². The molecule has 0 saturated heterocycles. The standard InChI is InChI=1S/C30H59NO2/c1-5-7-8-9-10-11-12-13-14-15-16-17-18-19-20-21-22-23-24-25-26-27-28-29(31(3)4)30(32)33-6-2/h25-26,29H,5-24,27-28H2,1-4H3/b26-25+. The Morgan fingerprint density at radius 2 is 1.03 bits per heavy atom. The number of hydrogen-bond acceptors (Lipinski definition) is 3. The minimum Gasteiger partial charge on any atom is -0.465 e. The van der Waals surface area contributed by atoms with Gasteiger partial charge in [0.05, 0.1) is 6.61 Å². The van der Waals surface area contributed by atoms with Crippen molar-refractivity contribution in [3.05, 3.63) is 12.2 Å². The molecule has 0 aliphatic carbocycles. The number of likely N-dealkylation sites (N-methyl/N-ethyl adjacent to an activating group) is 1. The molecular weight excluding hydrogens is 406 g/mol. The average Bonchev–Trinajstić information content (AvgIpc) is 2.79. The fourth-order valence-corrected chi connectivity index (χ4v) is 4.48. The Morgan fingerprint density at radius 1 is 0.636 bits per heavy atom. The summed E-state index contributed by atoms with van der Waals surface area (Å²) in [6.07, 6.45) is 33.1. The third-order valence-corrected chi connectivity index (χ3v) is 6.68. The fourth-order valence-electron chi connectivity index (χ4n) is 4.48. The largest absolute Gasteiger partial charge is 0.465 e. The minimum atomic E-state index is -0.125. The van der Waals surface area contributed by atoms with Crippen molar-refractivity contribution in [2.45, 2.75) is 155 Å². The third kappa shape index (κ3) is 22.7. The number of nitrogens with zero attached hydrogens (tertiary/aromatic N) is 1. The number of unbranched alkanes of at least 4 members (excludes halogenated alkanes) is 18. The second-order valence-corrected chi connectivity index (χ2v) is 10.1. The predicted octanol–water partition coefficient (Wildman–Crippen LogP) is 9.25. The molecule has 33 heavy (non-hydrogen) atoms. The molecule has 3 nitrogen and oxygen atoms in total. The van der Waals surface area contributed by atoms with Crippen molar-refractivity contribution < 1.29 is 9.53 Å². The quantitative estimate of drug-likeness (QED) is 0.0764. The van der Waals surface area contributed by atoms with E-state index in [9.17, 15) is 4.79 Å². The first-order valence-corrected chi connectivity index (χ1v) is 14.6. The van der Waals surface area contributed by atoms with E-state index in [0.717, 1.165) is 12.8 Å². The summed E-state index contributed by atoms with van der Waals surface area (Å²) in [6.45, 7) is 4.61. The van der Waals surface area contributed by atoms with Crippen molar-refractivity contribution in [3.8, 4) is 0 Å². The molecule has 0 saturated carbocycles. The van der Waals surface area contributed by atoms with E-state index in [-0.39, 0.29) is 12.0 Å². The molecule has 0 aliphatic rings. The van der Waals surface area contributed by atoms with Crippen LogP contribution in [0.1, 0.15) is 149 Å². The first-order valence-electron chi connectivity index (χ1n) is 14.6. The normalized spacial score (nSPS) is 12.6. The number of allylic oxidation sites excluding steroid dienone is 2. The van der Waals surface area contributed by atoms with Gasteiger partial charge in [-0.1, -0.05) is 128 Å². The van der Waals surface area contributed by atoms with Crippen molar-refractivity contribution in [1.29, 1.82) is 0 Å². The van der Waals surface area contributed by atoms with Gasteiger partial charge in [0.2, 0.25) is 0 Å². The summed E-state index contributed by atoms with van der Waals surface area (Å²) in [5.74, 6) is -0.0978. The van der Waals surface area contributed by atoms with E-state index in [1.165, 1.54) is 122 Å². The summed E-state index contributed by atoms with van der Waals surface area (Å²) in [5.41, 5.74) is 0. The molecule has 0 radical (unpaired) electrons. The van der Waals surface area contributed by atoms with Gasteiger partial charge >= 0.3 is 5.97 Å². The number of carbonyl (C=O) groups is 1. The van der Waals surface area contributed by atoms with Crippen molar-refractivity contribution in [1.82, 2.24) is 4.90 Å². The number of hydrogen-bond donors (Lipinski definition) is 0. The lowest BCUT2D eigenvalue weighted by Gasteiger charge is -2.21. The van der Waals surface area contributed by atoms with E-state index in [4.69, 9.17) is 4.74 Å². The molecule has 0 aliphatic heterocycles. The number of ether oxygens (including phenoxy) is 1. The lowest BCUT2D eigenvalue weighted by molar-refractivity contribution is -0.148. The smallest absolute Gasteiger partial charge is 0.323 e. The molecule has 0 bridgehead atoms. The zero-order valence-corrected chi connectivity index (χ0v) is 23.1. The van der Waals surface area contributed by atoms with Crippen LogP contribution in [0.5, 0.6) is 0 Å². The topological polar surface area (TPSA) is 29.5 Å². The molecule has 0 N–H and O–H groups in total. The third-order valence-electron chi connectivity index (χ3n) is 6.68. The van der Waals surface area contributed by atoms with E-state index >= 15 is 0 Å². The Bertz CT molecular complexity index is 433. The molecule has 0 spiro atoms. The van der Waals surface area contributed by atoms with Crippen LogP contribution in [0.15, 0.2) is 12.2 Å². The van der Waals surface area contributed by atoms with Gasteiger partial charge in [-0.3, -0.25) is 9.69 Å². The fraction of sp³-hybridized carbons (Fsp3) is 0.900. The Morgan fingerprint density at radius 3 is 1.42 bits per heavy atom. The summed E-state index contributed by atoms with van der Waals surface area (Å²) < 4.78 is 5.16. The number of esters is 1. The molecule has 1 atom stereocenters. The zero-order chi connectivity index (χ0) is 24.4. The maximum atomic E-state index is 11.9. The molecule has 0 rings (SSSR count). The van der Waals surface area contributed by atoms with Crippen molar-refractivity contribution in [2.24, 2.45) is 0 Å². The maximum Gasteiger partial charge on any atom is 0.323 e. The first-order chi connectivity index (χ1) is 16.1. The van der Waals surface area contributed by atoms with Gasteiger partial charge in [0.1, 0.15) is 6.04 Å². The second-order valence-electron chi connectivity index (χ2n) is 10.1. The summed E-state index contributed by atoms with van der Waals surface area (Å²) in [4.78, 5) is 13.9. The van der Waals surface area contributed by atoms with E-state index in [2.05, 4.69) is 19.1 Å². The van der Waals surface area contributed by atoms with Crippen LogP contribution in [0.3, 0.4) is 0 Å². The maximum absolute atomic E-state index is 11.9. The van der Waals surface area contributed by atoms with Crippen LogP contribution in [0.25, 0.3) is 0 Å². The second kappa shape index (κ2) is 25.8. The average molecular weight is 466 g/mol. The van der Waals surface area contributed by atoms with Crippen LogP contribution < -0.4 is 0 Å². The predicted molar refractivity (Wildman–Crippen MR) is 146 cm³/mol. The Balaban J connectivity index is 3.33.